The average Bonchev–Trinajstić information content (AvgIpc) is 3.17. The fraction of sp³-hybridized carbons (Fsp3) is 0.360. The van der Waals surface area contributed by atoms with Crippen molar-refractivity contribution in [2.45, 2.75) is 32.7 Å². The lowest BCUT2D eigenvalue weighted by Gasteiger charge is -2.22. The smallest absolute Gasteiger partial charge is 0.476 e. The minimum atomic E-state index is -4.83. The van der Waals surface area contributed by atoms with E-state index in [1.165, 1.54) is 18.2 Å². The first-order valence-electron chi connectivity index (χ1n) is 11.7. The van der Waals surface area contributed by atoms with E-state index in [4.69, 9.17) is 4.74 Å². The number of ether oxygens (including phenoxy) is 2. The maximum absolute atomic E-state index is 12.8. The number of halogens is 3. The van der Waals surface area contributed by atoms with Crippen molar-refractivity contribution in [3.8, 4) is 17.3 Å². The Morgan fingerprint density at radius 3 is 2.53 bits per heavy atom. The summed E-state index contributed by atoms with van der Waals surface area (Å²) < 4.78 is 49.8. The molecule has 3 aromatic rings. The van der Waals surface area contributed by atoms with Crippen molar-refractivity contribution in [3.05, 3.63) is 65.7 Å². The van der Waals surface area contributed by atoms with E-state index >= 15 is 0 Å². The lowest BCUT2D eigenvalue weighted by Crippen LogP contribution is -2.30. The second-order valence-corrected chi connectivity index (χ2v) is 8.49. The number of nitrogens with one attached hydrogen (secondary N) is 3. The average molecular weight is 504 g/mol. The van der Waals surface area contributed by atoms with Crippen LogP contribution in [0.1, 0.15) is 24.0 Å². The van der Waals surface area contributed by atoms with Crippen molar-refractivity contribution in [3.63, 3.8) is 0 Å². The maximum Gasteiger partial charge on any atom is 0.573 e. The summed E-state index contributed by atoms with van der Waals surface area (Å²) in [6.07, 6.45) is -2.79. The molecule has 1 aliphatic heterocycles. The van der Waals surface area contributed by atoms with Gasteiger partial charge < -0.3 is 20.1 Å². The second-order valence-electron chi connectivity index (χ2n) is 8.49. The molecule has 0 radical (unpaired) electrons. The number of piperidine rings is 1. The van der Waals surface area contributed by atoms with Crippen LogP contribution in [0.5, 0.6) is 11.6 Å². The fourth-order valence-corrected chi connectivity index (χ4v) is 3.96. The highest BCUT2D eigenvalue weighted by molar-refractivity contribution is 5.89. The number of benzene rings is 2. The topological polar surface area (TPSA) is 89.4 Å². The predicted molar refractivity (Wildman–Crippen MR) is 128 cm³/mol. The molecule has 192 valence electrons. The van der Waals surface area contributed by atoms with Gasteiger partial charge >= 0.3 is 12.4 Å². The highest BCUT2D eigenvalue weighted by atomic mass is 19.4. The van der Waals surface area contributed by atoms with Gasteiger partial charge in [0.05, 0.1) is 17.9 Å². The molecule has 1 aliphatic rings. The molecule has 2 aromatic carbocycles. The molecular weight excluding hydrogens is 475 g/mol. The van der Waals surface area contributed by atoms with Gasteiger partial charge in [-0.3, -0.25) is 5.32 Å². The standard InChI is InChI=1S/C25H28F3N5O3/c1-17-22(31-24(34)30-15-19-7-5-6-10-21(19)36-25(26,27)28)33(20-8-3-2-4-9-20)32-23(17)35-16-18-11-13-29-14-12-18/h2-10,18,29H,11-16H2,1H3,(H2,30,31,34). The Labute approximate surface area is 206 Å². The number of urea groups is 1. The summed E-state index contributed by atoms with van der Waals surface area (Å²) >= 11 is 0. The molecule has 2 heterocycles. The lowest BCUT2D eigenvalue weighted by molar-refractivity contribution is -0.274. The lowest BCUT2D eigenvalue weighted by atomic mass is 9.99. The zero-order valence-corrected chi connectivity index (χ0v) is 19.8. The summed E-state index contributed by atoms with van der Waals surface area (Å²) in [5.74, 6) is 0.867. The van der Waals surface area contributed by atoms with Crippen molar-refractivity contribution in [2.75, 3.05) is 25.0 Å². The van der Waals surface area contributed by atoms with Crippen LogP contribution in [0.25, 0.3) is 5.69 Å². The number of carbonyl (C=O) groups excluding carboxylic acids is 1. The largest absolute Gasteiger partial charge is 0.573 e. The number of carbonyl (C=O) groups is 1. The van der Waals surface area contributed by atoms with E-state index in [1.807, 2.05) is 30.3 Å². The predicted octanol–water partition coefficient (Wildman–Crippen LogP) is 4.78. The molecule has 0 spiro atoms. The summed E-state index contributed by atoms with van der Waals surface area (Å²) in [4.78, 5) is 12.8. The van der Waals surface area contributed by atoms with Crippen molar-refractivity contribution < 1.29 is 27.4 Å². The van der Waals surface area contributed by atoms with E-state index in [1.54, 1.807) is 17.7 Å². The van der Waals surface area contributed by atoms with Gasteiger partial charge in [0.15, 0.2) is 0 Å². The van der Waals surface area contributed by atoms with E-state index in [-0.39, 0.29) is 17.9 Å². The number of hydrogen-bond acceptors (Lipinski definition) is 5. The number of para-hydroxylation sites is 2. The number of aromatic nitrogens is 2. The third-order valence-electron chi connectivity index (χ3n) is 5.86. The van der Waals surface area contributed by atoms with Gasteiger partial charge in [0, 0.05) is 12.1 Å². The summed E-state index contributed by atoms with van der Waals surface area (Å²) in [5.41, 5.74) is 1.55. The molecule has 3 N–H and O–H groups in total. The Morgan fingerprint density at radius 2 is 1.81 bits per heavy atom. The van der Waals surface area contributed by atoms with Gasteiger partial charge in [0.2, 0.25) is 5.88 Å². The number of hydrogen-bond donors (Lipinski definition) is 3. The number of nitrogens with zero attached hydrogens (tertiary/aromatic N) is 2. The van der Waals surface area contributed by atoms with E-state index in [0.717, 1.165) is 31.6 Å². The van der Waals surface area contributed by atoms with Crippen LogP contribution < -0.4 is 25.4 Å². The number of alkyl halides is 3. The Hall–Kier alpha value is -3.73. The molecule has 11 heteroatoms. The van der Waals surface area contributed by atoms with E-state index < -0.39 is 12.4 Å². The Balaban J connectivity index is 1.48. The molecule has 1 aromatic heterocycles. The zero-order chi connectivity index (χ0) is 25.5. The number of amides is 2. The molecule has 8 nitrogen and oxygen atoms in total. The monoisotopic (exact) mass is 503 g/mol. The van der Waals surface area contributed by atoms with E-state index in [9.17, 15) is 18.0 Å². The van der Waals surface area contributed by atoms with Gasteiger partial charge in [-0.15, -0.1) is 18.3 Å². The molecular formula is C25H28F3N5O3. The first kappa shape index (κ1) is 25.4. The molecule has 1 fully saturated rings. The van der Waals surface area contributed by atoms with Crippen LogP contribution in [-0.2, 0) is 6.54 Å². The van der Waals surface area contributed by atoms with Gasteiger partial charge in [-0.2, -0.15) is 0 Å². The van der Waals surface area contributed by atoms with Gasteiger partial charge in [-0.25, -0.2) is 9.48 Å². The normalized spacial score (nSPS) is 14.3. The van der Waals surface area contributed by atoms with Crippen LogP contribution in [0, 0.1) is 12.8 Å². The van der Waals surface area contributed by atoms with Crippen molar-refractivity contribution in [2.24, 2.45) is 5.92 Å². The molecule has 0 aliphatic carbocycles. The first-order valence-corrected chi connectivity index (χ1v) is 11.7. The van der Waals surface area contributed by atoms with Gasteiger partial charge in [-0.1, -0.05) is 36.4 Å². The van der Waals surface area contributed by atoms with Crippen LogP contribution in [0.2, 0.25) is 0 Å². The highest BCUT2D eigenvalue weighted by Gasteiger charge is 2.32. The van der Waals surface area contributed by atoms with Crippen LogP contribution in [-0.4, -0.2) is 41.9 Å². The molecule has 0 saturated carbocycles. The van der Waals surface area contributed by atoms with Gasteiger partial charge in [0.25, 0.3) is 0 Å². The number of anilines is 1. The van der Waals surface area contributed by atoms with Crippen LogP contribution in [0.15, 0.2) is 54.6 Å². The second kappa shape index (κ2) is 11.3. The summed E-state index contributed by atoms with van der Waals surface area (Å²) in [5, 5.41) is 13.3. The van der Waals surface area contributed by atoms with Crippen LogP contribution in [0.4, 0.5) is 23.8 Å². The molecule has 0 bridgehead atoms. The third-order valence-corrected chi connectivity index (χ3v) is 5.86. The summed E-state index contributed by atoms with van der Waals surface area (Å²) in [6.45, 7) is 4.06. The van der Waals surface area contributed by atoms with E-state index in [2.05, 4.69) is 25.8 Å². The third kappa shape index (κ3) is 6.69. The van der Waals surface area contributed by atoms with Gasteiger partial charge in [-0.05, 0) is 57.0 Å². The van der Waals surface area contributed by atoms with Crippen molar-refractivity contribution in [1.29, 1.82) is 0 Å². The number of rotatable bonds is 8. The Morgan fingerprint density at radius 1 is 1.11 bits per heavy atom. The summed E-state index contributed by atoms with van der Waals surface area (Å²) in [6, 6.07) is 14.3. The quantitative estimate of drug-likeness (QED) is 0.412. The molecule has 0 atom stereocenters. The van der Waals surface area contributed by atoms with Gasteiger partial charge in [0.1, 0.15) is 11.6 Å². The molecule has 4 rings (SSSR count). The molecule has 36 heavy (non-hydrogen) atoms. The minimum Gasteiger partial charge on any atom is -0.476 e. The Kier molecular flexibility index (Phi) is 7.99. The minimum absolute atomic E-state index is 0.171. The first-order chi connectivity index (χ1) is 17.3. The molecule has 2 amide bonds. The van der Waals surface area contributed by atoms with Crippen molar-refractivity contribution >= 4 is 11.8 Å². The zero-order valence-electron chi connectivity index (χ0n) is 19.8. The Bertz CT molecular complexity index is 1160. The van der Waals surface area contributed by atoms with Crippen molar-refractivity contribution in [1.82, 2.24) is 20.4 Å². The van der Waals surface area contributed by atoms with E-state index in [0.29, 0.717) is 29.8 Å². The SMILES string of the molecule is Cc1c(OCC2CCNCC2)nn(-c2ccccc2)c1NC(=O)NCc1ccccc1OC(F)(F)F. The van der Waals surface area contributed by atoms with Crippen LogP contribution >= 0.6 is 0 Å². The molecule has 0 unspecified atom stereocenters. The molecule has 1 saturated heterocycles. The fourth-order valence-electron chi connectivity index (χ4n) is 3.96. The maximum atomic E-state index is 12.8. The highest BCUT2D eigenvalue weighted by Crippen LogP contribution is 2.30. The summed E-state index contributed by atoms with van der Waals surface area (Å²) in [7, 11) is 0. The van der Waals surface area contributed by atoms with Crippen LogP contribution in [0.3, 0.4) is 0 Å².